The van der Waals surface area contributed by atoms with E-state index in [2.05, 4.69) is 34.1 Å². The number of piperazine rings is 1. The minimum Gasteiger partial charge on any atom is -0.311 e. The summed E-state index contributed by atoms with van der Waals surface area (Å²) in [5.41, 5.74) is 0. The monoisotopic (exact) mass is 223 g/mol. The second kappa shape index (κ2) is 4.93. The highest BCUT2D eigenvalue weighted by Crippen LogP contribution is 2.10. The van der Waals surface area contributed by atoms with E-state index in [9.17, 15) is 0 Å². The first-order valence-electron chi connectivity index (χ1n) is 5.95. The molecule has 0 aliphatic carbocycles. The van der Waals surface area contributed by atoms with E-state index in [1.54, 1.807) is 6.33 Å². The third-order valence-electron chi connectivity index (χ3n) is 3.26. The summed E-state index contributed by atoms with van der Waals surface area (Å²) < 4.78 is 1.85. The van der Waals surface area contributed by atoms with Crippen LogP contribution in [0.5, 0.6) is 0 Å². The van der Waals surface area contributed by atoms with E-state index in [4.69, 9.17) is 0 Å². The van der Waals surface area contributed by atoms with E-state index >= 15 is 0 Å². The Morgan fingerprint density at radius 3 is 3.00 bits per heavy atom. The van der Waals surface area contributed by atoms with Gasteiger partial charge in [-0.3, -0.25) is 9.58 Å². The molecule has 0 amide bonds. The van der Waals surface area contributed by atoms with Crippen LogP contribution in [-0.4, -0.2) is 45.3 Å². The third kappa shape index (κ3) is 2.59. The predicted molar refractivity (Wildman–Crippen MR) is 62.9 cm³/mol. The van der Waals surface area contributed by atoms with Crippen LogP contribution in [-0.2, 0) is 13.6 Å². The molecule has 1 unspecified atom stereocenters. The van der Waals surface area contributed by atoms with Gasteiger partial charge in [0.1, 0.15) is 12.2 Å². The predicted octanol–water partition coefficient (Wildman–Crippen LogP) is 0.245. The van der Waals surface area contributed by atoms with Gasteiger partial charge in [-0.1, -0.05) is 13.8 Å². The van der Waals surface area contributed by atoms with Crippen LogP contribution >= 0.6 is 0 Å². The number of nitrogens with zero attached hydrogens (tertiary/aromatic N) is 4. The fraction of sp³-hybridized carbons (Fsp3) is 0.818. The molecule has 1 aromatic heterocycles. The van der Waals surface area contributed by atoms with Crippen molar-refractivity contribution in [2.24, 2.45) is 13.0 Å². The van der Waals surface area contributed by atoms with Crippen molar-refractivity contribution < 1.29 is 0 Å². The lowest BCUT2D eigenvalue weighted by Gasteiger charge is -2.35. The van der Waals surface area contributed by atoms with Gasteiger partial charge in [0.15, 0.2) is 0 Å². The van der Waals surface area contributed by atoms with Crippen LogP contribution in [0.4, 0.5) is 0 Å². The average molecular weight is 223 g/mol. The maximum absolute atomic E-state index is 4.27. The summed E-state index contributed by atoms with van der Waals surface area (Å²) in [6.45, 7) is 8.70. The lowest BCUT2D eigenvalue weighted by atomic mass is 10.0. The molecule has 1 fully saturated rings. The van der Waals surface area contributed by atoms with E-state index in [1.165, 1.54) is 0 Å². The van der Waals surface area contributed by atoms with Gasteiger partial charge in [-0.05, 0) is 5.92 Å². The Balaban J connectivity index is 1.93. The first kappa shape index (κ1) is 11.5. The fourth-order valence-corrected chi connectivity index (χ4v) is 2.10. The minimum absolute atomic E-state index is 0.599. The van der Waals surface area contributed by atoms with Gasteiger partial charge in [-0.25, -0.2) is 4.98 Å². The highest BCUT2D eigenvalue weighted by Gasteiger charge is 2.22. The molecular weight excluding hydrogens is 202 g/mol. The van der Waals surface area contributed by atoms with Crippen molar-refractivity contribution in [2.45, 2.75) is 26.4 Å². The van der Waals surface area contributed by atoms with Gasteiger partial charge >= 0.3 is 0 Å². The smallest absolute Gasteiger partial charge is 0.140 e. The molecule has 5 heteroatoms. The van der Waals surface area contributed by atoms with Gasteiger partial charge < -0.3 is 5.32 Å². The molecule has 1 saturated heterocycles. The number of hydrogen-bond acceptors (Lipinski definition) is 4. The SMILES string of the molecule is CC(C)C1CN(Cc2ncnn2C)CCN1. The van der Waals surface area contributed by atoms with E-state index in [0.29, 0.717) is 12.0 Å². The average Bonchev–Trinajstić information content (AvgIpc) is 2.65. The number of aryl methyl sites for hydroxylation is 1. The summed E-state index contributed by atoms with van der Waals surface area (Å²) >= 11 is 0. The summed E-state index contributed by atoms with van der Waals surface area (Å²) in [7, 11) is 1.95. The molecule has 1 atom stereocenters. The maximum atomic E-state index is 4.27. The molecule has 0 spiro atoms. The van der Waals surface area contributed by atoms with Gasteiger partial charge in [0.05, 0.1) is 6.54 Å². The first-order valence-corrected chi connectivity index (χ1v) is 5.95. The Labute approximate surface area is 96.8 Å². The molecule has 1 aliphatic heterocycles. The largest absolute Gasteiger partial charge is 0.311 e. The Hall–Kier alpha value is -0.940. The van der Waals surface area contributed by atoms with Gasteiger partial charge in [0.2, 0.25) is 0 Å². The van der Waals surface area contributed by atoms with Crippen LogP contribution in [0.3, 0.4) is 0 Å². The van der Waals surface area contributed by atoms with Crippen molar-refractivity contribution in [2.75, 3.05) is 19.6 Å². The normalized spacial score (nSPS) is 22.9. The molecule has 2 rings (SSSR count). The summed E-state index contributed by atoms with van der Waals surface area (Å²) in [4.78, 5) is 6.72. The van der Waals surface area contributed by atoms with Crippen molar-refractivity contribution in [1.82, 2.24) is 25.0 Å². The zero-order chi connectivity index (χ0) is 11.5. The molecule has 90 valence electrons. The summed E-state index contributed by atoms with van der Waals surface area (Å²) in [6, 6.07) is 0.599. The van der Waals surface area contributed by atoms with Crippen molar-refractivity contribution >= 4 is 0 Å². The lowest BCUT2D eigenvalue weighted by molar-refractivity contribution is 0.163. The van der Waals surface area contributed by atoms with Crippen LogP contribution in [0.25, 0.3) is 0 Å². The highest BCUT2D eigenvalue weighted by molar-refractivity contribution is 4.87. The second-order valence-electron chi connectivity index (χ2n) is 4.84. The van der Waals surface area contributed by atoms with Crippen molar-refractivity contribution in [3.63, 3.8) is 0 Å². The van der Waals surface area contributed by atoms with Crippen molar-refractivity contribution in [1.29, 1.82) is 0 Å². The highest BCUT2D eigenvalue weighted by atomic mass is 15.3. The first-order chi connectivity index (χ1) is 7.66. The Morgan fingerprint density at radius 2 is 2.38 bits per heavy atom. The molecule has 2 heterocycles. The standard InChI is InChI=1S/C11H21N5/c1-9(2)10-6-16(5-4-12-10)7-11-13-8-14-15(11)3/h8-10,12H,4-7H2,1-3H3. The number of aromatic nitrogens is 3. The number of hydrogen-bond donors (Lipinski definition) is 1. The third-order valence-corrected chi connectivity index (χ3v) is 3.26. The molecule has 0 aromatic carbocycles. The van der Waals surface area contributed by atoms with Gasteiger partial charge in [-0.15, -0.1) is 0 Å². The van der Waals surface area contributed by atoms with E-state index in [1.807, 2.05) is 11.7 Å². The molecule has 16 heavy (non-hydrogen) atoms. The Bertz CT molecular complexity index is 333. The van der Waals surface area contributed by atoms with Gasteiger partial charge in [0, 0.05) is 32.7 Å². The van der Waals surface area contributed by atoms with Crippen molar-refractivity contribution in [3.8, 4) is 0 Å². The van der Waals surface area contributed by atoms with Crippen LogP contribution in [0.15, 0.2) is 6.33 Å². The molecule has 1 N–H and O–H groups in total. The van der Waals surface area contributed by atoms with E-state index in [-0.39, 0.29) is 0 Å². The molecule has 1 aromatic rings. The van der Waals surface area contributed by atoms with Crippen LogP contribution in [0, 0.1) is 5.92 Å². The number of nitrogens with one attached hydrogen (secondary N) is 1. The van der Waals surface area contributed by atoms with E-state index < -0.39 is 0 Å². The zero-order valence-electron chi connectivity index (χ0n) is 10.3. The lowest BCUT2D eigenvalue weighted by Crippen LogP contribution is -2.52. The Kier molecular flexibility index (Phi) is 3.56. The van der Waals surface area contributed by atoms with Gasteiger partial charge in [-0.2, -0.15) is 5.10 Å². The molecule has 1 aliphatic rings. The van der Waals surface area contributed by atoms with Crippen LogP contribution in [0.2, 0.25) is 0 Å². The van der Waals surface area contributed by atoms with Crippen LogP contribution in [0.1, 0.15) is 19.7 Å². The quantitative estimate of drug-likeness (QED) is 0.797. The van der Waals surface area contributed by atoms with E-state index in [0.717, 1.165) is 32.0 Å². The molecule has 0 bridgehead atoms. The molecule has 0 radical (unpaired) electrons. The van der Waals surface area contributed by atoms with Gasteiger partial charge in [0.25, 0.3) is 0 Å². The fourth-order valence-electron chi connectivity index (χ4n) is 2.10. The second-order valence-corrected chi connectivity index (χ2v) is 4.84. The Morgan fingerprint density at radius 1 is 1.56 bits per heavy atom. The number of rotatable bonds is 3. The molecular formula is C11H21N5. The van der Waals surface area contributed by atoms with Crippen molar-refractivity contribution in [3.05, 3.63) is 12.2 Å². The molecule has 5 nitrogen and oxygen atoms in total. The summed E-state index contributed by atoms with van der Waals surface area (Å²) in [6.07, 6.45) is 1.62. The zero-order valence-corrected chi connectivity index (χ0v) is 10.3. The topological polar surface area (TPSA) is 46.0 Å². The molecule has 0 saturated carbocycles. The minimum atomic E-state index is 0.599. The van der Waals surface area contributed by atoms with Crippen LogP contribution < -0.4 is 5.32 Å². The summed E-state index contributed by atoms with van der Waals surface area (Å²) in [5, 5.41) is 7.66. The summed E-state index contributed by atoms with van der Waals surface area (Å²) in [5.74, 6) is 1.73. The maximum Gasteiger partial charge on any atom is 0.140 e.